The van der Waals surface area contributed by atoms with Crippen LogP contribution in [0.4, 0.5) is 5.00 Å². The molecule has 264 valence electrons. The lowest BCUT2D eigenvalue weighted by Crippen LogP contribution is -2.71. The topological polar surface area (TPSA) is 85.4 Å². The molecule has 0 radical (unpaired) electrons. The maximum absolute atomic E-state index is 14.5. The van der Waals surface area contributed by atoms with Crippen LogP contribution in [-0.2, 0) is 19.1 Å². The number of hydrogen-bond acceptors (Lipinski definition) is 8. The molecule has 5 aromatic rings. The summed E-state index contributed by atoms with van der Waals surface area (Å²) in [5.41, 5.74) is 2.11. The monoisotopic (exact) mass is 790 g/mol. The molecule has 4 aromatic carbocycles. The molecule has 13 heteroatoms. The van der Waals surface area contributed by atoms with Crippen LogP contribution < -0.4 is 14.4 Å². The Morgan fingerprint density at radius 2 is 1.50 bits per heavy atom. The zero-order chi connectivity index (χ0) is 36.4. The number of carbonyl (C=O) groups is 3. The minimum Gasteiger partial charge on any atom is -0.485 e. The maximum atomic E-state index is 14.5. The minimum atomic E-state index is -0.803. The molecule has 0 aliphatic carbocycles. The number of nitrogens with zero attached hydrogens (tertiary/aromatic N) is 2. The van der Waals surface area contributed by atoms with Crippen molar-refractivity contribution < 1.29 is 28.6 Å². The predicted octanol–water partition coefficient (Wildman–Crippen LogP) is 9.80. The van der Waals surface area contributed by atoms with Gasteiger partial charge in [-0.15, -0.1) is 23.1 Å². The molecule has 1 saturated heterocycles. The van der Waals surface area contributed by atoms with Crippen LogP contribution in [0.3, 0.4) is 0 Å². The second kappa shape index (κ2) is 15.7. The molecule has 52 heavy (non-hydrogen) atoms. The average molecular weight is 792 g/mol. The molecule has 1 unspecified atom stereocenters. The van der Waals surface area contributed by atoms with Gasteiger partial charge in [0.25, 0.3) is 5.91 Å². The van der Waals surface area contributed by atoms with Gasteiger partial charge in [-0.3, -0.25) is 19.4 Å². The molecular weight excluding hydrogens is 763 g/mol. The lowest BCUT2D eigenvalue weighted by molar-refractivity contribution is -0.153. The van der Waals surface area contributed by atoms with E-state index in [0.29, 0.717) is 42.9 Å². The van der Waals surface area contributed by atoms with Gasteiger partial charge in [-0.25, -0.2) is 4.79 Å². The molecule has 2 aliphatic heterocycles. The number of carbonyl (C=O) groups excluding carboxylic acids is 3. The largest absolute Gasteiger partial charge is 0.485 e. The van der Waals surface area contributed by atoms with Gasteiger partial charge in [0.15, 0.2) is 17.6 Å². The molecule has 0 saturated carbocycles. The van der Waals surface area contributed by atoms with Crippen molar-refractivity contribution in [3.05, 3.63) is 152 Å². The van der Waals surface area contributed by atoms with Gasteiger partial charge in [0.05, 0.1) is 10.0 Å². The Bertz CT molecular complexity index is 2110. The van der Waals surface area contributed by atoms with Gasteiger partial charge in [-0.1, -0.05) is 95.5 Å². The van der Waals surface area contributed by atoms with Crippen LogP contribution in [0.25, 0.3) is 0 Å². The Kier molecular flexibility index (Phi) is 10.8. The first kappa shape index (κ1) is 35.9. The Balaban J connectivity index is 1.24. The molecule has 1 aromatic heterocycles. The molecule has 2 atom stereocenters. The highest BCUT2D eigenvalue weighted by Gasteiger charge is 2.57. The van der Waals surface area contributed by atoms with Crippen LogP contribution in [0.5, 0.6) is 17.2 Å². The molecular formula is C39H29Cl3N2O6S2. The number of β-lactam (4-membered cyclic amide) rings is 1. The van der Waals surface area contributed by atoms with Crippen LogP contribution in [0.15, 0.2) is 126 Å². The van der Waals surface area contributed by atoms with Crippen molar-refractivity contribution in [2.24, 2.45) is 0 Å². The van der Waals surface area contributed by atoms with E-state index in [-0.39, 0.29) is 24.0 Å². The van der Waals surface area contributed by atoms with Crippen molar-refractivity contribution in [2.45, 2.75) is 24.4 Å². The van der Waals surface area contributed by atoms with Crippen molar-refractivity contribution in [3.63, 3.8) is 0 Å². The molecule has 0 bridgehead atoms. The Labute approximate surface area is 323 Å². The summed E-state index contributed by atoms with van der Waals surface area (Å²) >= 11 is 21.6. The fourth-order valence-corrected chi connectivity index (χ4v) is 8.82. The third kappa shape index (κ3) is 7.40. The number of thioether (sulfide) groups is 1. The molecule has 8 nitrogen and oxygen atoms in total. The first-order valence-electron chi connectivity index (χ1n) is 16.1. The summed E-state index contributed by atoms with van der Waals surface area (Å²) in [6.45, 7) is 1.33. The third-order valence-corrected chi connectivity index (χ3v) is 11.4. The van der Waals surface area contributed by atoms with Crippen LogP contribution in [-0.4, -0.2) is 46.5 Å². The van der Waals surface area contributed by atoms with E-state index in [9.17, 15) is 14.4 Å². The maximum Gasteiger partial charge on any atom is 0.356 e. The summed E-state index contributed by atoms with van der Waals surface area (Å²) < 4.78 is 18.7. The van der Waals surface area contributed by atoms with E-state index >= 15 is 0 Å². The summed E-state index contributed by atoms with van der Waals surface area (Å²) in [6, 6.07) is 31.3. The third-order valence-electron chi connectivity index (χ3n) is 8.42. The number of anilines is 1. The number of amides is 2. The normalized spacial score (nSPS) is 16.6. The van der Waals surface area contributed by atoms with Crippen molar-refractivity contribution in [2.75, 3.05) is 17.3 Å². The highest BCUT2D eigenvalue weighted by atomic mass is 35.5. The molecule has 1 fully saturated rings. The molecule has 7 rings (SSSR count). The van der Waals surface area contributed by atoms with E-state index in [2.05, 4.69) is 0 Å². The van der Waals surface area contributed by atoms with Crippen LogP contribution in [0.1, 0.15) is 24.2 Å². The van der Waals surface area contributed by atoms with Crippen molar-refractivity contribution >= 4 is 80.7 Å². The number of ether oxygens (including phenoxy) is 3. The van der Waals surface area contributed by atoms with Crippen molar-refractivity contribution in [1.29, 1.82) is 0 Å². The molecule has 0 spiro atoms. The summed E-state index contributed by atoms with van der Waals surface area (Å²) in [4.78, 5) is 44.5. The fourth-order valence-electron chi connectivity index (χ4n) is 6.03. The first-order chi connectivity index (χ1) is 25.2. The average Bonchev–Trinajstić information content (AvgIpc) is 3.68. The minimum absolute atomic E-state index is 0.0711. The van der Waals surface area contributed by atoms with Crippen LogP contribution in [0, 0.1) is 0 Å². The second-order valence-corrected chi connectivity index (χ2v) is 15.1. The number of thiophene rings is 1. The molecule has 2 amide bonds. The van der Waals surface area contributed by atoms with Gasteiger partial charge in [0.2, 0.25) is 5.91 Å². The zero-order valence-electron chi connectivity index (χ0n) is 27.4. The smallest absolute Gasteiger partial charge is 0.356 e. The van der Waals surface area contributed by atoms with Gasteiger partial charge in [0, 0.05) is 34.4 Å². The van der Waals surface area contributed by atoms with E-state index in [4.69, 9.17) is 49.0 Å². The number of esters is 1. The fraction of sp³-hybridized carbons (Fsp3) is 0.154. The number of hydrogen-bond donors (Lipinski definition) is 0. The van der Waals surface area contributed by atoms with E-state index in [1.807, 2.05) is 72.1 Å². The lowest BCUT2D eigenvalue weighted by Gasteiger charge is -2.52. The Morgan fingerprint density at radius 3 is 2.12 bits per heavy atom. The predicted molar refractivity (Wildman–Crippen MR) is 206 cm³/mol. The molecule has 3 heterocycles. The first-order valence-corrected chi connectivity index (χ1v) is 19.1. The highest BCUT2D eigenvalue weighted by Crippen LogP contribution is 2.46. The molecule has 2 aliphatic rings. The number of halogens is 3. The van der Waals surface area contributed by atoms with E-state index in [1.54, 1.807) is 42.5 Å². The number of fused-ring (bicyclic) bond motifs is 1. The van der Waals surface area contributed by atoms with Gasteiger partial charge in [-0.2, -0.15) is 0 Å². The Morgan fingerprint density at radius 1 is 0.846 bits per heavy atom. The summed E-state index contributed by atoms with van der Waals surface area (Å²) in [7, 11) is 0. The highest BCUT2D eigenvalue weighted by molar-refractivity contribution is 8.00. The van der Waals surface area contributed by atoms with Crippen molar-refractivity contribution in [1.82, 2.24) is 4.90 Å². The quantitative estimate of drug-likeness (QED) is 0.0973. The van der Waals surface area contributed by atoms with Crippen LogP contribution in [0.2, 0.25) is 15.1 Å². The van der Waals surface area contributed by atoms with Gasteiger partial charge >= 0.3 is 5.97 Å². The second-order valence-electron chi connectivity index (χ2n) is 11.8. The van der Waals surface area contributed by atoms with Gasteiger partial charge < -0.3 is 14.2 Å². The lowest BCUT2D eigenvalue weighted by atomic mass is 10.00. The SMILES string of the molecule is CC(=O)N(c1cccs1)C1C(=O)N2C(C(=O)OC(c3ccccc3)c3ccccc3)=C(COc3cc(Cl)ccc3Oc3ccc(Cl)cc3Cl)CS[C@H]12. The summed E-state index contributed by atoms with van der Waals surface area (Å²) in [5, 5.41) is 3.11. The number of benzene rings is 4. The zero-order valence-corrected chi connectivity index (χ0v) is 31.3. The van der Waals surface area contributed by atoms with Crippen molar-refractivity contribution in [3.8, 4) is 17.2 Å². The van der Waals surface area contributed by atoms with Crippen LogP contribution >= 0.6 is 57.9 Å². The van der Waals surface area contributed by atoms with Gasteiger partial charge in [0.1, 0.15) is 29.5 Å². The molecule has 0 N–H and O–H groups in total. The standard InChI is InChI=1S/C39H29Cl3N2O6S2/c1-23(45)43(33-13-8-18-51-33)35-37(46)44-34(39(47)50-36(24-9-4-2-5-10-24)25-11-6-3-7-12-25)26(22-52-38(35)44)21-48-32-20-28(41)15-17-31(32)49-30-16-14-27(40)19-29(30)42/h2-20,35-36,38H,21-22H2,1H3/t35?,38-/m1/s1. The van der Waals surface area contributed by atoms with E-state index in [0.717, 1.165) is 11.1 Å². The summed E-state index contributed by atoms with van der Waals surface area (Å²) in [5.74, 6) is -0.104. The number of rotatable bonds is 11. The Hall–Kier alpha value is -4.45. The summed E-state index contributed by atoms with van der Waals surface area (Å²) in [6.07, 6.45) is -0.762. The van der Waals surface area contributed by atoms with E-state index < -0.39 is 29.4 Å². The van der Waals surface area contributed by atoms with Gasteiger partial charge in [-0.05, 0) is 59.0 Å². The van der Waals surface area contributed by atoms with E-state index in [1.165, 1.54) is 39.8 Å².